The zero-order valence-corrected chi connectivity index (χ0v) is 14.8. The van der Waals surface area contributed by atoms with E-state index in [1.165, 1.54) is 0 Å². The fraction of sp³-hybridized carbons (Fsp3) is 0.286. The number of anilines is 1. The van der Waals surface area contributed by atoms with Gasteiger partial charge in [-0.2, -0.15) is 0 Å². The van der Waals surface area contributed by atoms with Gasteiger partial charge in [-0.3, -0.25) is 14.4 Å². The first-order chi connectivity index (χ1) is 12.5. The summed E-state index contributed by atoms with van der Waals surface area (Å²) in [6, 6.07) is 16.3. The highest BCUT2D eigenvalue weighted by Crippen LogP contribution is 2.26. The SMILES string of the molecule is Cc1ccc(C(=O)C(C)OC(=O)C2CC(=O)N(c3ccccc3)C2)cc1. The molecule has 0 radical (unpaired) electrons. The van der Waals surface area contributed by atoms with E-state index in [1.54, 1.807) is 24.0 Å². The number of nitrogens with zero attached hydrogens (tertiary/aromatic N) is 1. The molecule has 5 nitrogen and oxygen atoms in total. The van der Waals surface area contributed by atoms with Crippen LogP contribution in [0.5, 0.6) is 0 Å². The number of ether oxygens (including phenoxy) is 1. The predicted octanol–water partition coefficient (Wildman–Crippen LogP) is 3.16. The highest BCUT2D eigenvalue weighted by molar-refractivity contribution is 6.02. The largest absolute Gasteiger partial charge is 0.454 e. The van der Waals surface area contributed by atoms with Crippen LogP contribution in [0.25, 0.3) is 0 Å². The van der Waals surface area contributed by atoms with Gasteiger partial charge in [0, 0.05) is 24.2 Å². The number of hydrogen-bond acceptors (Lipinski definition) is 4. The van der Waals surface area contributed by atoms with Crippen LogP contribution >= 0.6 is 0 Å². The number of ketones is 1. The highest BCUT2D eigenvalue weighted by Gasteiger charge is 2.37. The minimum Gasteiger partial charge on any atom is -0.454 e. The second-order valence-electron chi connectivity index (χ2n) is 6.55. The van der Waals surface area contributed by atoms with Gasteiger partial charge in [0.05, 0.1) is 5.92 Å². The van der Waals surface area contributed by atoms with Crippen molar-refractivity contribution >= 4 is 23.3 Å². The Balaban J connectivity index is 1.62. The molecule has 1 aliphatic rings. The van der Waals surface area contributed by atoms with E-state index in [4.69, 9.17) is 4.74 Å². The van der Waals surface area contributed by atoms with Crippen LogP contribution in [0.4, 0.5) is 5.69 Å². The maximum Gasteiger partial charge on any atom is 0.312 e. The zero-order valence-electron chi connectivity index (χ0n) is 14.8. The second kappa shape index (κ2) is 7.52. The van der Waals surface area contributed by atoms with Crippen molar-refractivity contribution in [3.8, 4) is 0 Å². The Morgan fingerprint density at radius 2 is 1.73 bits per heavy atom. The molecule has 0 bridgehead atoms. The lowest BCUT2D eigenvalue weighted by molar-refractivity contribution is -0.151. The molecule has 1 heterocycles. The van der Waals surface area contributed by atoms with Crippen molar-refractivity contribution in [2.24, 2.45) is 5.92 Å². The fourth-order valence-electron chi connectivity index (χ4n) is 3.00. The van der Waals surface area contributed by atoms with Crippen LogP contribution in [-0.4, -0.2) is 30.3 Å². The van der Waals surface area contributed by atoms with Gasteiger partial charge in [-0.15, -0.1) is 0 Å². The van der Waals surface area contributed by atoms with E-state index in [0.29, 0.717) is 5.56 Å². The molecule has 1 amide bonds. The van der Waals surface area contributed by atoms with Crippen LogP contribution in [0.1, 0.15) is 29.3 Å². The molecule has 1 fully saturated rings. The van der Waals surface area contributed by atoms with Gasteiger partial charge in [0.1, 0.15) is 0 Å². The smallest absolute Gasteiger partial charge is 0.312 e. The van der Waals surface area contributed by atoms with Gasteiger partial charge < -0.3 is 9.64 Å². The molecule has 0 aliphatic carbocycles. The quantitative estimate of drug-likeness (QED) is 0.613. The van der Waals surface area contributed by atoms with Gasteiger partial charge in [-0.05, 0) is 26.0 Å². The van der Waals surface area contributed by atoms with E-state index >= 15 is 0 Å². The first-order valence-electron chi connectivity index (χ1n) is 8.62. The molecule has 0 spiro atoms. The second-order valence-corrected chi connectivity index (χ2v) is 6.55. The minimum absolute atomic E-state index is 0.0964. The lowest BCUT2D eigenvalue weighted by Crippen LogP contribution is -2.30. The number of para-hydroxylation sites is 1. The van der Waals surface area contributed by atoms with Crippen molar-refractivity contribution in [1.82, 2.24) is 0 Å². The number of hydrogen-bond donors (Lipinski definition) is 0. The molecule has 2 atom stereocenters. The molecule has 0 saturated carbocycles. The van der Waals surface area contributed by atoms with Crippen LogP contribution in [0.15, 0.2) is 54.6 Å². The summed E-state index contributed by atoms with van der Waals surface area (Å²) in [6.07, 6.45) is -0.787. The molecule has 134 valence electrons. The maximum absolute atomic E-state index is 12.4. The lowest BCUT2D eigenvalue weighted by Gasteiger charge is -2.17. The number of Topliss-reactive ketones (excluding diaryl/α,β-unsaturated/α-hetero) is 1. The molecule has 0 N–H and O–H groups in total. The number of carbonyl (C=O) groups is 3. The maximum atomic E-state index is 12.4. The molecular formula is C21H21NO4. The number of amides is 1. The Morgan fingerprint density at radius 3 is 2.38 bits per heavy atom. The summed E-state index contributed by atoms with van der Waals surface area (Å²) in [4.78, 5) is 38.6. The van der Waals surface area contributed by atoms with Crippen molar-refractivity contribution < 1.29 is 19.1 Å². The summed E-state index contributed by atoms with van der Waals surface area (Å²) < 4.78 is 5.35. The molecule has 26 heavy (non-hydrogen) atoms. The first-order valence-corrected chi connectivity index (χ1v) is 8.62. The number of aryl methyl sites for hydroxylation is 1. The van der Waals surface area contributed by atoms with Crippen LogP contribution < -0.4 is 4.90 Å². The molecule has 5 heteroatoms. The summed E-state index contributed by atoms with van der Waals surface area (Å²) in [5, 5.41) is 0. The van der Waals surface area contributed by atoms with Crippen molar-refractivity contribution in [3.63, 3.8) is 0 Å². The van der Waals surface area contributed by atoms with E-state index in [-0.39, 0.29) is 24.7 Å². The first kappa shape index (κ1) is 17.9. The Kier molecular flexibility index (Phi) is 5.16. The predicted molar refractivity (Wildman–Crippen MR) is 98.0 cm³/mol. The fourth-order valence-corrected chi connectivity index (χ4v) is 3.00. The van der Waals surface area contributed by atoms with Crippen molar-refractivity contribution in [2.75, 3.05) is 11.4 Å². The van der Waals surface area contributed by atoms with Crippen LogP contribution in [-0.2, 0) is 14.3 Å². The Bertz CT molecular complexity index is 814. The minimum atomic E-state index is -0.883. The Hall–Kier alpha value is -2.95. The molecule has 3 rings (SSSR count). The molecular weight excluding hydrogens is 330 g/mol. The van der Waals surface area contributed by atoms with Crippen molar-refractivity contribution in [2.45, 2.75) is 26.4 Å². The van der Waals surface area contributed by atoms with Gasteiger partial charge in [0.2, 0.25) is 11.7 Å². The third-order valence-corrected chi connectivity index (χ3v) is 4.52. The Morgan fingerprint density at radius 1 is 1.08 bits per heavy atom. The van der Waals surface area contributed by atoms with E-state index in [0.717, 1.165) is 11.3 Å². The number of carbonyl (C=O) groups excluding carboxylic acids is 3. The van der Waals surface area contributed by atoms with Gasteiger partial charge >= 0.3 is 5.97 Å². The monoisotopic (exact) mass is 351 g/mol. The third kappa shape index (κ3) is 3.82. The summed E-state index contributed by atoms with van der Waals surface area (Å²) >= 11 is 0. The van der Waals surface area contributed by atoms with Crippen LogP contribution in [0.3, 0.4) is 0 Å². The average Bonchev–Trinajstić information content (AvgIpc) is 3.04. The summed E-state index contributed by atoms with van der Waals surface area (Å²) in [6.45, 7) is 3.77. The van der Waals surface area contributed by atoms with E-state index in [1.807, 2.05) is 49.4 Å². The van der Waals surface area contributed by atoms with Crippen molar-refractivity contribution in [3.05, 3.63) is 65.7 Å². The molecule has 2 aromatic carbocycles. The lowest BCUT2D eigenvalue weighted by atomic mass is 10.1. The number of benzene rings is 2. The summed E-state index contributed by atoms with van der Waals surface area (Å²) in [5.74, 6) is -1.43. The van der Waals surface area contributed by atoms with E-state index in [2.05, 4.69) is 0 Å². The van der Waals surface area contributed by atoms with Crippen LogP contribution in [0, 0.1) is 12.8 Å². The van der Waals surface area contributed by atoms with Gasteiger partial charge in [-0.1, -0.05) is 48.0 Å². The standard InChI is InChI=1S/C21H21NO4/c1-14-8-10-16(11-9-14)20(24)15(2)26-21(25)17-12-19(23)22(13-17)18-6-4-3-5-7-18/h3-11,15,17H,12-13H2,1-2H3. The van der Waals surface area contributed by atoms with E-state index < -0.39 is 18.0 Å². The van der Waals surface area contributed by atoms with Crippen molar-refractivity contribution in [1.29, 1.82) is 0 Å². The molecule has 0 aromatic heterocycles. The van der Waals surface area contributed by atoms with E-state index in [9.17, 15) is 14.4 Å². The van der Waals surface area contributed by atoms with Gasteiger partial charge in [0.15, 0.2) is 6.10 Å². The normalized spacial score (nSPS) is 17.8. The Labute approximate surface area is 152 Å². The summed E-state index contributed by atoms with van der Waals surface area (Å²) in [7, 11) is 0. The molecule has 1 aliphatic heterocycles. The highest BCUT2D eigenvalue weighted by atomic mass is 16.5. The van der Waals surface area contributed by atoms with Gasteiger partial charge in [0.25, 0.3) is 0 Å². The van der Waals surface area contributed by atoms with Crippen LogP contribution in [0.2, 0.25) is 0 Å². The summed E-state index contributed by atoms with van der Waals surface area (Å²) in [5.41, 5.74) is 2.32. The molecule has 2 unspecified atom stereocenters. The zero-order chi connectivity index (χ0) is 18.7. The van der Waals surface area contributed by atoms with Gasteiger partial charge in [-0.25, -0.2) is 0 Å². The molecule has 2 aromatic rings. The topological polar surface area (TPSA) is 63.7 Å². The number of esters is 1. The number of rotatable bonds is 5. The average molecular weight is 351 g/mol. The molecule has 1 saturated heterocycles. The third-order valence-electron chi connectivity index (χ3n) is 4.52.